The highest BCUT2D eigenvalue weighted by molar-refractivity contribution is 5.66. The molecule has 1 aromatic carbocycles. The Hall–Kier alpha value is -1.55. The van der Waals surface area contributed by atoms with Gasteiger partial charge in [-0.15, -0.1) is 0 Å². The van der Waals surface area contributed by atoms with Crippen LogP contribution in [-0.4, -0.2) is 17.2 Å². The molecular formula is C15H21NO3. The molecule has 0 aliphatic heterocycles. The van der Waals surface area contributed by atoms with E-state index in [2.05, 4.69) is 0 Å². The van der Waals surface area contributed by atoms with Crippen LogP contribution in [-0.2, 0) is 4.79 Å². The minimum Gasteiger partial charge on any atom is -0.490 e. The van der Waals surface area contributed by atoms with Crippen LogP contribution < -0.4 is 10.5 Å². The number of nitrogens with two attached hydrogens (primary N) is 1. The molecule has 1 fully saturated rings. The molecule has 0 saturated heterocycles. The molecule has 0 amide bonds. The van der Waals surface area contributed by atoms with Gasteiger partial charge in [0.2, 0.25) is 0 Å². The topological polar surface area (TPSA) is 72.5 Å². The molecule has 0 radical (unpaired) electrons. The Bertz CT molecular complexity index is 455. The summed E-state index contributed by atoms with van der Waals surface area (Å²) in [5.74, 6) is -0.00208. The molecule has 1 atom stereocenters. The van der Waals surface area contributed by atoms with Gasteiger partial charge in [-0.25, -0.2) is 0 Å². The fourth-order valence-corrected chi connectivity index (χ4v) is 2.17. The van der Waals surface area contributed by atoms with Crippen molar-refractivity contribution in [1.82, 2.24) is 0 Å². The van der Waals surface area contributed by atoms with Crippen LogP contribution in [0.25, 0.3) is 0 Å². The van der Waals surface area contributed by atoms with Crippen LogP contribution in [0.3, 0.4) is 0 Å². The molecule has 0 bridgehead atoms. The summed E-state index contributed by atoms with van der Waals surface area (Å²) in [7, 11) is 0. The normalized spacial score (nSPS) is 16.7. The lowest BCUT2D eigenvalue weighted by Gasteiger charge is -2.28. The molecular weight excluding hydrogens is 242 g/mol. The van der Waals surface area contributed by atoms with Gasteiger partial charge >= 0.3 is 5.97 Å². The number of benzene rings is 1. The molecule has 1 aromatic rings. The van der Waals surface area contributed by atoms with Crippen molar-refractivity contribution in [2.24, 2.45) is 5.73 Å². The first-order chi connectivity index (χ1) is 9.06. The number of aryl methyl sites for hydroxylation is 1. The van der Waals surface area contributed by atoms with E-state index in [0.717, 1.165) is 29.7 Å². The van der Waals surface area contributed by atoms with E-state index in [1.807, 2.05) is 25.1 Å². The van der Waals surface area contributed by atoms with Gasteiger partial charge in [-0.2, -0.15) is 0 Å². The predicted molar refractivity (Wildman–Crippen MR) is 73.2 cm³/mol. The lowest BCUT2D eigenvalue weighted by molar-refractivity contribution is -0.137. The SMILES string of the molecule is Cc1ccc(OC2CCC2)c(C(N)CCC(=O)O)c1. The number of hydrogen-bond acceptors (Lipinski definition) is 3. The summed E-state index contributed by atoms with van der Waals surface area (Å²) in [6.45, 7) is 2.00. The average molecular weight is 263 g/mol. The number of hydrogen-bond donors (Lipinski definition) is 2. The van der Waals surface area contributed by atoms with Crippen molar-refractivity contribution in [3.05, 3.63) is 29.3 Å². The second-order valence-corrected chi connectivity index (χ2v) is 5.25. The predicted octanol–water partition coefficient (Wildman–Crippen LogP) is 2.79. The molecule has 4 heteroatoms. The largest absolute Gasteiger partial charge is 0.490 e. The standard InChI is InChI=1S/C15H21NO3/c1-10-5-7-14(19-11-3-2-4-11)12(9-10)13(16)6-8-15(17)18/h5,7,9,11,13H,2-4,6,8,16H2,1H3,(H,17,18). The molecule has 4 nitrogen and oxygen atoms in total. The molecule has 1 unspecified atom stereocenters. The monoisotopic (exact) mass is 263 g/mol. The van der Waals surface area contributed by atoms with Gasteiger partial charge in [0.05, 0.1) is 6.10 Å². The number of carboxylic acid groups (broad SMARTS) is 1. The third-order valence-electron chi connectivity index (χ3n) is 3.58. The van der Waals surface area contributed by atoms with Crippen molar-refractivity contribution in [2.45, 2.75) is 51.2 Å². The summed E-state index contributed by atoms with van der Waals surface area (Å²) in [5, 5.41) is 8.74. The van der Waals surface area contributed by atoms with Crippen LogP contribution in [0.15, 0.2) is 18.2 Å². The van der Waals surface area contributed by atoms with Crippen LogP contribution in [0.5, 0.6) is 5.75 Å². The quantitative estimate of drug-likeness (QED) is 0.827. The van der Waals surface area contributed by atoms with Crippen molar-refractivity contribution in [3.8, 4) is 5.75 Å². The zero-order valence-corrected chi connectivity index (χ0v) is 11.3. The third kappa shape index (κ3) is 3.70. The van der Waals surface area contributed by atoms with Crippen molar-refractivity contribution in [3.63, 3.8) is 0 Å². The molecule has 2 rings (SSSR count). The van der Waals surface area contributed by atoms with Crippen molar-refractivity contribution < 1.29 is 14.6 Å². The first-order valence-corrected chi connectivity index (χ1v) is 6.81. The summed E-state index contributed by atoms with van der Waals surface area (Å²) in [4.78, 5) is 10.6. The van der Waals surface area contributed by atoms with Gasteiger partial charge in [0, 0.05) is 18.0 Å². The van der Waals surface area contributed by atoms with Crippen LogP contribution in [0, 0.1) is 6.92 Å². The van der Waals surface area contributed by atoms with E-state index in [9.17, 15) is 4.79 Å². The van der Waals surface area contributed by atoms with E-state index >= 15 is 0 Å². The van der Waals surface area contributed by atoms with Crippen LogP contribution in [0.4, 0.5) is 0 Å². The van der Waals surface area contributed by atoms with E-state index in [-0.39, 0.29) is 12.5 Å². The summed E-state index contributed by atoms with van der Waals surface area (Å²) >= 11 is 0. The second-order valence-electron chi connectivity index (χ2n) is 5.25. The second kappa shape index (κ2) is 6.06. The Morgan fingerprint density at radius 2 is 2.26 bits per heavy atom. The van der Waals surface area contributed by atoms with E-state index in [1.165, 1.54) is 6.42 Å². The van der Waals surface area contributed by atoms with Gasteiger partial charge in [-0.1, -0.05) is 17.7 Å². The first kappa shape index (κ1) is 13.9. The van der Waals surface area contributed by atoms with E-state index in [4.69, 9.17) is 15.6 Å². The molecule has 0 heterocycles. The Kier molecular flexibility index (Phi) is 4.43. The zero-order chi connectivity index (χ0) is 13.8. The van der Waals surface area contributed by atoms with E-state index in [1.54, 1.807) is 0 Å². The minimum absolute atomic E-state index is 0.0813. The Balaban J connectivity index is 2.10. The summed E-state index contributed by atoms with van der Waals surface area (Å²) < 4.78 is 5.94. The molecule has 0 aromatic heterocycles. The Morgan fingerprint density at radius 3 is 2.84 bits per heavy atom. The van der Waals surface area contributed by atoms with Gasteiger partial charge in [0.15, 0.2) is 0 Å². The fourth-order valence-electron chi connectivity index (χ4n) is 2.17. The van der Waals surface area contributed by atoms with Gasteiger partial charge in [0.25, 0.3) is 0 Å². The molecule has 1 aliphatic rings. The average Bonchev–Trinajstić information content (AvgIpc) is 2.32. The molecule has 0 spiro atoms. The van der Waals surface area contributed by atoms with Crippen LogP contribution in [0.2, 0.25) is 0 Å². The third-order valence-corrected chi connectivity index (χ3v) is 3.58. The number of ether oxygens (including phenoxy) is 1. The van der Waals surface area contributed by atoms with Crippen LogP contribution in [0.1, 0.15) is 49.3 Å². The summed E-state index contributed by atoms with van der Waals surface area (Å²) in [6, 6.07) is 5.66. The molecule has 1 aliphatic carbocycles. The molecule has 19 heavy (non-hydrogen) atoms. The number of carboxylic acids is 1. The highest BCUT2D eigenvalue weighted by Gasteiger charge is 2.22. The highest BCUT2D eigenvalue weighted by atomic mass is 16.5. The van der Waals surface area contributed by atoms with Gasteiger partial charge in [-0.3, -0.25) is 4.79 Å². The zero-order valence-electron chi connectivity index (χ0n) is 11.3. The number of carbonyl (C=O) groups is 1. The molecule has 1 saturated carbocycles. The van der Waals surface area contributed by atoms with Crippen molar-refractivity contribution in [2.75, 3.05) is 0 Å². The van der Waals surface area contributed by atoms with E-state index < -0.39 is 5.97 Å². The lowest BCUT2D eigenvalue weighted by atomic mass is 9.95. The van der Waals surface area contributed by atoms with E-state index in [0.29, 0.717) is 12.5 Å². The highest BCUT2D eigenvalue weighted by Crippen LogP contribution is 2.32. The maximum Gasteiger partial charge on any atom is 0.303 e. The van der Waals surface area contributed by atoms with Gasteiger partial charge in [0.1, 0.15) is 5.75 Å². The molecule has 104 valence electrons. The van der Waals surface area contributed by atoms with Gasteiger partial charge < -0.3 is 15.6 Å². The smallest absolute Gasteiger partial charge is 0.303 e. The van der Waals surface area contributed by atoms with Gasteiger partial charge in [-0.05, 0) is 38.7 Å². The fraction of sp³-hybridized carbons (Fsp3) is 0.533. The van der Waals surface area contributed by atoms with Crippen molar-refractivity contribution in [1.29, 1.82) is 0 Å². The maximum atomic E-state index is 10.6. The van der Waals surface area contributed by atoms with Crippen LogP contribution >= 0.6 is 0 Å². The lowest BCUT2D eigenvalue weighted by Crippen LogP contribution is -2.26. The Labute approximate surface area is 113 Å². The van der Waals surface area contributed by atoms with Crippen molar-refractivity contribution >= 4 is 5.97 Å². The number of aliphatic carboxylic acids is 1. The summed E-state index contributed by atoms with van der Waals surface area (Å²) in [5.41, 5.74) is 8.14. The maximum absolute atomic E-state index is 10.6. The number of rotatable bonds is 6. The first-order valence-electron chi connectivity index (χ1n) is 6.81. The summed E-state index contributed by atoms with van der Waals surface area (Å²) in [6.07, 6.45) is 4.22. The molecule has 3 N–H and O–H groups in total. The Morgan fingerprint density at radius 1 is 1.53 bits per heavy atom. The minimum atomic E-state index is -0.815.